The number of hydrogen-bond acceptors (Lipinski definition) is 3. The number of hydrogen-bond donors (Lipinski definition) is 1. The molecule has 0 unspecified atom stereocenters. The van der Waals surface area contributed by atoms with Crippen LogP contribution in [0.25, 0.3) is 0 Å². The Morgan fingerprint density at radius 1 is 0.848 bits per heavy atom. The number of quaternary nitrogens is 1. The second-order valence-corrected chi connectivity index (χ2v) is 9.40. The molecule has 2 saturated heterocycles. The molecule has 5 rings (SSSR count). The van der Waals surface area contributed by atoms with Gasteiger partial charge in [-0.25, -0.2) is 4.79 Å². The molecule has 1 N–H and O–H groups in total. The van der Waals surface area contributed by atoms with E-state index in [9.17, 15) is 9.90 Å². The lowest BCUT2D eigenvalue weighted by atomic mass is 9.63. The van der Waals surface area contributed by atoms with Gasteiger partial charge in [0.05, 0.1) is 30.6 Å². The van der Waals surface area contributed by atoms with E-state index in [1.54, 1.807) is 12.1 Å². The number of rotatable bonds is 7. The average molecular weight is 508 g/mol. The fraction of sp³-hybridized carbons (Fsp3) is 0.321. The highest BCUT2D eigenvalue weighted by Gasteiger charge is 2.65. The molecule has 3 aromatic rings. The van der Waals surface area contributed by atoms with E-state index < -0.39 is 5.60 Å². The van der Waals surface area contributed by atoms with Gasteiger partial charge in [0.1, 0.15) is 18.8 Å². The molecule has 0 aromatic heterocycles. The van der Waals surface area contributed by atoms with Crippen molar-refractivity contribution in [1.29, 1.82) is 0 Å². The van der Waals surface area contributed by atoms with Gasteiger partial charge in [-0.2, -0.15) is 0 Å². The minimum absolute atomic E-state index is 0. The topological polar surface area (TPSA) is 46.5 Å². The Balaban J connectivity index is 0.00000259. The SMILES string of the molecule is O=C(OCC[N+]12CCC(C(O)(c3ccccc3)c3ccccc3)(CC1)C2)c1ccccc1.[Br-]. The van der Waals surface area contributed by atoms with E-state index in [0.717, 1.165) is 54.6 Å². The third-order valence-corrected chi connectivity index (χ3v) is 7.73. The molecule has 5 heteroatoms. The molecule has 33 heavy (non-hydrogen) atoms. The molecule has 0 radical (unpaired) electrons. The van der Waals surface area contributed by atoms with E-state index >= 15 is 0 Å². The van der Waals surface area contributed by atoms with Crippen LogP contribution < -0.4 is 17.0 Å². The summed E-state index contributed by atoms with van der Waals surface area (Å²) in [5, 5.41) is 12.4. The van der Waals surface area contributed by atoms with Crippen LogP contribution in [0.5, 0.6) is 0 Å². The lowest BCUT2D eigenvalue weighted by molar-refractivity contribution is -0.909. The van der Waals surface area contributed by atoms with Crippen LogP contribution in [0.2, 0.25) is 0 Å². The summed E-state index contributed by atoms with van der Waals surface area (Å²) in [6.07, 6.45) is 1.92. The summed E-state index contributed by atoms with van der Waals surface area (Å²) < 4.78 is 6.51. The summed E-state index contributed by atoms with van der Waals surface area (Å²) in [7, 11) is 0. The summed E-state index contributed by atoms with van der Waals surface area (Å²) in [5.74, 6) is -0.265. The number of carbonyl (C=O) groups is 1. The van der Waals surface area contributed by atoms with Crippen molar-refractivity contribution < 1.29 is 36.1 Å². The summed E-state index contributed by atoms with van der Waals surface area (Å²) in [6.45, 7) is 4.10. The molecule has 2 aliphatic rings. The highest BCUT2D eigenvalue weighted by atomic mass is 79.9. The quantitative estimate of drug-likeness (QED) is 0.388. The lowest BCUT2D eigenvalue weighted by Gasteiger charge is -2.42. The Hall–Kier alpha value is -2.47. The van der Waals surface area contributed by atoms with Gasteiger partial charge in [-0.1, -0.05) is 78.9 Å². The van der Waals surface area contributed by atoms with Gasteiger partial charge in [-0.3, -0.25) is 0 Å². The summed E-state index contributed by atoms with van der Waals surface area (Å²) in [4.78, 5) is 12.3. The van der Waals surface area contributed by atoms with Crippen molar-refractivity contribution in [3.8, 4) is 0 Å². The highest BCUT2D eigenvalue weighted by Crippen LogP contribution is 2.58. The van der Waals surface area contributed by atoms with E-state index in [1.165, 1.54) is 0 Å². The van der Waals surface area contributed by atoms with Crippen molar-refractivity contribution in [3.63, 3.8) is 0 Å². The Bertz CT molecular complexity index is 1020. The number of halogens is 1. The van der Waals surface area contributed by atoms with Gasteiger partial charge in [0.25, 0.3) is 0 Å². The zero-order chi connectivity index (χ0) is 22.1. The van der Waals surface area contributed by atoms with E-state index in [2.05, 4.69) is 24.3 Å². The van der Waals surface area contributed by atoms with Crippen LogP contribution in [0.3, 0.4) is 0 Å². The summed E-state index contributed by atoms with van der Waals surface area (Å²) in [6, 6.07) is 29.4. The molecule has 2 aliphatic heterocycles. The maximum absolute atomic E-state index is 12.4. The number of fused-ring (bicyclic) bond motifs is 2. The van der Waals surface area contributed by atoms with E-state index in [4.69, 9.17) is 4.74 Å². The maximum Gasteiger partial charge on any atom is 0.338 e. The first-order chi connectivity index (χ1) is 15.6. The molecular weight excluding hydrogens is 478 g/mol. The Kier molecular flexibility index (Phi) is 6.76. The van der Waals surface area contributed by atoms with Crippen molar-refractivity contribution in [1.82, 2.24) is 0 Å². The Morgan fingerprint density at radius 2 is 1.33 bits per heavy atom. The molecule has 0 amide bonds. The number of aliphatic hydroxyl groups is 1. The van der Waals surface area contributed by atoms with Crippen molar-refractivity contribution >= 4 is 5.97 Å². The lowest BCUT2D eigenvalue weighted by Crippen LogP contribution is -3.00. The minimum atomic E-state index is -1.03. The van der Waals surface area contributed by atoms with Crippen LogP contribution in [0.1, 0.15) is 34.3 Å². The number of benzene rings is 3. The van der Waals surface area contributed by atoms with Crippen LogP contribution in [0.4, 0.5) is 0 Å². The predicted molar refractivity (Wildman–Crippen MR) is 124 cm³/mol. The van der Waals surface area contributed by atoms with Crippen molar-refractivity contribution in [2.75, 3.05) is 32.8 Å². The van der Waals surface area contributed by atoms with E-state index in [-0.39, 0.29) is 28.4 Å². The van der Waals surface area contributed by atoms with Crippen LogP contribution in [0, 0.1) is 5.41 Å². The zero-order valence-corrected chi connectivity index (χ0v) is 20.3. The number of esters is 1. The van der Waals surface area contributed by atoms with Gasteiger partial charge in [-0.05, 0) is 23.3 Å². The number of ether oxygens (including phenoxy) is 1. The molecule has 4 nitrogen and oxygen atoms in total. The first-order valence-electron chi connectivity index (χ1n) is 11.5. The normalized spacial score (nSPS) is 23.7. The summed E-state index contributed by atoms with van der Waals surface area (Å²) >= 11 is 0. The van der Waals surface area contributed by atoms with Crippen molar-refractivity contribution in [2.45, 2.75) is 18.4 Å². The van der Waals surface area contributed by atoms with Gasteiger partial charge >= 0.3 is 5.97 Å². The predicted octanol–water partition coefficient (Wildman–Crippen LogP) is 1.39. The fourth-order valence-electron chi connectivity index (χ4n) is 6.00. The molecule has 0 saturated carbocycles. The third-order valence-electron chi connectivity index (χ3n) is 7.73. The molecule has 0 atom stereocenters. The fourth-order valence-corrected chi connectivity index (χ4v) is 6.00. The highest BCUT2D eigenvalue weighted by molar-refractivity contribution is 5.89. The molecule has 3 aromatic carbocycles. The van der Waals surface area contributed by atoms with E-state index in [1.807, 2.05) is 54.6 Å². The van der Waals surface area contributed by atoms with Crippen LogP contribution in [-0.4, -0.2) is 48.3 Å². The van der Waals surface area contributed by atoms with Gasteiger partial charge in [0.2, 0.25) is 0 Å². The Labute approximate surface area is 206 Å². The second-order valence-electron chi connectivity index (χ2n) is 9.40. The maximum atomic E-state index is 12.4. The second kappa shape index (κ2) is 9.41. The van der Waals surface area contributed by atoms with Gasteiger partial charge in [-0.15, -0.1) is 0 Å². The third kappa shape index (κ3) is 4.14. The number of piperidine rings is 1. The van der Waals surface area contributed by atoms with Crippen LogP contribution >= 0.6 is 0 Å². The standard InChI is InChI=1S/C28H30NO3.BrH/c30-26(23-10-4-1-5-11-23)32-21-20-29-18-16-27(22-29,17-19-29)28(31,24-12-6-2-7-13-24)25-14-8-3-9-15-25;/h1-15,31H,16-22H2;1H/q+1;/p-1. The number of nitrogens with zero attached hydrogens (tertiary/aromatic N) is 1. The zero-order valence-electron chi connectivity index (χ0n) is 18.7. The monoisotopic (exact) mass is 507 g/mol. The first-order valence-corrected chi connectivity index (χ1v) is 11.5. The Morgan fingerprint density at radius 3 is 1.85 bits per heavy atom. The van der Waals surface area contributed by atoms with Gasteiger partial charge in [0.15, 0.2) is 0 Å². The van der Waals surface area contributed by atoms with Gasteiger partial charge in [0, 0.05) is 12.8 Å². The largest absolute Gasteiger partial charge is 1.00 e. The first kappa shape index (κ1) is 23.7. The molecule has 0 spiro atoms. The average Bonchev–Trinajstić information content (AvgIpc) is 3.43. The molecule has 2 fully saturated rings. The molecule has 0 aliphatic carbocycles. The van der Waals surface area contributed by atoms with Crippen molar-refractivity contribution in [3.05, 3.63) is 108 Å². The number of carbonyl (C=O) groups excluding carboxylic acids is 1. The summed E-state index contributed by atoms with van der Waals surface area (Å²) in [5.41, 5.74) is 1.26. The molecular formula is C28H30BrNO3. The minimum Gasteiger partial charge on any atom is -1.00 e. The van der Waals surface area contributed by atoms with Gasteiger partial charge < -0.3 is 31.3 Å². The molecule has 172 valence electrons. The van der Waals surface area contributed by atoms with E-state index in [0.29, 0.717) is 12.2 Å². The molecule has 2 bridgehead atoms. The van der Waals surface area contributed by atoms with Crippen LogP contribution in [0.15, 0.2) is 91.0 Å². The van der Waals surface area contributed by atoms with Crippen LogP contribution in [-0.2, 0) is 10.3 Å². The molecule has 2 heterocycles. The van der Waals surface area contributed by atoms with Crippen molar-refractivity contribution in [2.24, 2.45) is 5.41 Å². The smallest absolute Gasteiger partial charge is 0.338 e.